The lowest BCUT2D eigenvalue weighted by atomic mass is 10.2. The molecule has 2 rings (SSSR count). The van der Waals surface area contributed by atoms with E-state index in [1.165, 1.54) is 19.4 Å². The largest absolute Gasteiger partial charge is 0.497 e. The van der Waals surface area contributed by atoms with Crippen molar-refractivity contribution in [1.82, 2.24) is 9.71 Å². The van der Waals surface area contributed by atoms with E-state index in [0.717, 1.165) is 11.8 Å². The normalized spacial score (nSPS) is 11.2. The molecule has 0 amide bonds. The molecule has 1 heterocycles. The van der Waals surface area contributed by atoms with Crippen LogP contribution in [0.5, 0.6) is 5.75 Å². The zero-order valence-electron chi connectivity index (χ0n) is 10.8. The molecule has 0 saturated heterocycles. The fraction of sp³-hybridized carbons (Fsp3) is 0.154. The van der Waals surface area contributed by atoms with Crippen LogP contribution < -0.4 is 14.9 Å². The minimum absolute atomic E-state index is 0.0772. The van der Waals surface area contributed by atoms with Crippen molar-refractivity contribution in [2.24, 2.45) is 0 Å². The summed E-state index contributed by atoms with van der Waals surface area (Å²) < 4.78 is 31.5. The second-order valence-corrected chi connectivity index (χ2v) is 5.78. The highest BCUT2D eigenvalue weighted by molar-refractivity contribution is 7.89. The molecular formula is C13H14N2O4S. The number of benzene rings is 1. The lowest BCUT2D eigenvalue weighted by Gasteiger charge is -2.07. The number of aromatic amines is 1. The molecule has 7 heteroatoms. The maximum absolute atomic E-state index is 12.0. The van der Waals surface area contributed by atoms with Crippen molar-refractivity contribution in [2.45, 2.75) is 11.4 Å². The zero-order valence-corrected chi connectivity index (χ0v) is 11.6. The summed E-state index contributed by atoms with van der Waals surface area (Å²) in [4.78, 5) is 13.8. The molecule has 106 valence electrons. The average Bonchev–Trinajstić information content (AvgIpc) is 2.46. The van der Waals surface area contributed by atoms with Crippen molar-refractivity contribution in [3.8, 4) is 5.75 Å². The molecule has 0 spiro atoms. The quantitative estimate of drug-likeness (QED) is 0.856. The third-order valence-electron chi connectivity index (χ3n) is 2.68. The summed E-state index contributed by atoms with van der Waals surface area (Å²) >= 11 is 0. The van der Waals surface area contributed by atoms with Crippen LogP contribution in [0, 0.1) is 0 Å². The molecule has 20 heavy (non-hydrogen) atoms. The van der Waals surface area contributed by atoms with Gasteiger partial charge in [0.05, 0.1) is 7.11 Å². The number of nitrogens with one attached hydrogen (secondary N) is 2. The SMILES string of the molecule is COc1cccc(CNS(=O)(=O)c2c[nH]ccc2=O)c1. The second-order valence-electron chi connectivity index (χ2n) is 4.05. The Morgan fingerprint density at radius 3 is 2.80 bits per heavy atom. The number of methoxy groups -OCH3 is 1. The first kappa shape index (κ1) is 14.3. The maximum atomic E-state index is 12.0. The summed E-state index contributed by atoms with van der Waals surface area (Å²) in [6, 6.07) is 8.18. The molecule has 6 nitrogen and oxygen atoms in total. The van der Waals surface area contributed by atoms with Crippen molar-refractivity contribution in [2.75, 3.05) is 7.11 Å². The van der Waals surface area contributed by atoms with Gasteiger partial charge in [-0.2, -0.15) is 0 Å². The van der Waals surface area contributed by atoms with Crippen LogP contribution in [-0.4, -0.2) is 20.5 Å². The Morgan fingerprint density at radius 2 is 2.10 bits per heavy atom. The van der Waals surface area contributed by atoms with Crippen LogP contribution in [0.4, 0.5) is 0 Å². The number of hydrogen-bond acceptors (Lipinski definition) is 4. The van der Waals surface area contributed by atoms with Crippen LogP contribution in [0.1, 0.15) is 5.56 Å². The molecule has 0 bridgehead atoms. The molecule has 0 radical (unpaired) electrons. The molecule has 2 aromatic rings. The molecule has 1 aromatic carbocycles. The summed E-state index contributed by atoms with van der Waals surface area (Å²) in [6.07, 6.45) is 2.54. The van der Waals surface area contributed by atoms with Gasteiger partial charge in [-0.15, -0.1) is 0 Å². The molecule has 0 aliphatic carbocycles. The Kier molecular flexibility index (Phi) is 4.21. The van der Waals surface area contributed by atoms with Crippen LogP contribution in [0.15, 0.2) is 52.4 Å². The molecule has 2 N–H and O–H groups in total. The van der Waals surface area contributed by atoms with E-state index >= 15 is 0 Å². The minimum Gasteiger partial charge on any atom is -0.497 e. The highest BCUT2D eigenvalue weighted by Crippen LogP contribution is 2.13. The smallest absolute Gasteiger partial charge is 0.246 e. The minimum atomic E-state index is -3.84. The predicted octanol–water partition coefficient (Wildman–Crippen LogP) is 0.862. The predicted molar refractivity (Wildman–Crippen MR) is 74.1 cm³/mol. The van der Waals surface area contributed by atoms with Crippen molar-refractivity contribution in [3.63, 3.8) is 0 Å². The molecule has 0 saturated carbocycles. The fourth-order valence-corrected chi connectivity index (χ4v) is 2.72. The number of aromatic nitrogens is 1. The van der Waals surface area contributed by atoms with E-state index in [1.807, 2.05) is 0 Å². The monoisotopic (exact) mass is 294 g/mol. The first-order valence-corrected chi connectivity index (χ1v) is 7.31. The third-order valence-corrected chi connectivity index (χ3v) is 4.10. The first-order chi connectivity index (χ1) is 9.53. The molecule has 0 unspecified atom stereocenters. The van der Waals surface area contributed by atoms with E-state index in [1.54, 1.807) is 24.3 Å². The summed E-state index contributed by atoms with van der Waals surface area (Å²) in [6.45, 7) is 0.0772. The number of hydrogen-bond donors (Lipinski definition) is 2. The average molecular weight is 294 g/mol. The van der Waals surface area contributed by atoms with Gasteiger partial charge >= 0.3 is 0 Å². The number of ether oxygens (including phenoxy) is 1. The summed E-state index contributed by atoms with van der Waals surface area (Å²) in [7, 11) is -2.31. The molecule has 0 atom stereocenters. The van der Waals surface area contributed by atoms with Crippen LogP contribution in [-0.2, 0) is 16.6 Å². The first-order valence-electron chi connectivity index (χ1n) is 5.82. The van der Waals surface area contributed by atoms with Gasteiger partial charge in [-0.3, -0.25) is 4.79 Å². The van der Waals surface area contributed by atoms with Crippen LogP contribution in [0.2, 0.25) is 0 Å². The van der Waals surface area contributed by atoms with E-state index in [4.69, 9.17) is 4.74 Å². The number of rotatable bonds is 5. The van der Waals surface area contributed by atoms with Crippen LogP contribution >= 0.6 is 0 Å². The lowest BCUT2D eigenvalue weighted by Crippen LogP contribution is -2.27. The zero-order chi connectivity index (χ0) is 14.6. The Bertz CT molecular complexity index is 753. The highest BCUT2D eigenvalue weighted by Gasteiger charge is 2.17. The molecule has 0 aliphatic rings. The number of H-pyrrole nitrogens is 1. The summed E-state index contributed by atoms with van der Waals surface area (Å²) in [5, 5.41) is 0. The van der Waals surface area contributed by atoms with Crippen molar-refractivity contribution in [1.29, 1.82) is 0 Å². The van der Waals surface area contributed by atoms with E-state index in [-0.39, 0.29) is 11.4 Å². The van der Waals surface area contributed by atoms with Crippen molar-refractivity contribution in [3.05, 3.63) is 58.5 Å². The molecule has 1 aromatic heterocycles. The van der Waals surface area contributed by atoms with Crippen molar-refractivity contribution >= 4 is 10.0 Å². The van der Waals surface area contributed by atoms with E-state index in [9.17, 15) is 13.2 Å². The van der Waals surface area contributed by atoms with Crippen LogP contribution in [0.3, 0.4) is 0 Å². The highest BCUT2D eigenvalue weighted by atomic mass is 32.2. The Morgan fingerprint density at radius 1 is 1.30 bits per heavy atom. The van der Waals surface area contributed by atoms with Gasteiger partial charge in [0.2, 0.25) is 15.5 Å². The topological polar surface area (TPSA) is 88.3 Å². The van der Waals surface area contributed by atoms with Crippen LogP contribution in [0.25, 0.3) is 0 Å². The maximum Gasteiger partial charge on any atom is 0.246 e. The Labute approximate surface area is 116 Å². The lowest BCUT2D eigenvalue weighted by molar-refractivity contribution is 0.414. The molecule has 0 fully saturated rings. The fourth-order valence-electron chi connectivity index (χ4n) is 1.65. The van der Waals surface area contributed by atoms with Gasteiger partial charge in [-0.05, 0) is 17.7 Å². The number of sulfonamides is 1. The van der Waals surface area contributed by atoms with Gasteiger partial charge in [0, 0.05) is 25.0 Å². The third kappa shape index (κ3) is 3.25. The van der Waals surface area contributed by atoms with E-state index in [0.29, 0.717) is 5.75 Å². The van der Waals surface area contributed by atoms with Gasteiger partial charge < -0.3 is 9.72 Å². The molecular weight excluding hydrogens is 280 g/mol. The van der Waals surface area contributed by atoms with Gasteiger partial charge in [0.25, 0.3) is 0 Å². The van der Waals surface area contributed by atoms with Crippen molar-refractivity contribution < 1.29 is 13.2 Å². The molecule has 0 aliphatic heterocycles. The Hall–Kier alpha value is -2.12. The standard InChI is InChI=1S/C13H14N2O4S/c1-19-11-4-2-3-10(7-11)8-15-20(17,18)13-9-14-6-5-12(13)16/h2-7,9,15H,8H2,1H3,(H,14,16). The van der Waals surface area contributed by atoms with Gasteiger partial charge in [0.1, 0.15) is 10.6 Å². The van der Waals surface area contributed by atoms with Gasteiger partial charge in [-0.25, -0.2) is 13.1 Å². The summed E-state index contributed by atoms with van der Waals surface area (Å²) in [5.41, 5.74) is 0.183. The van der Waals surface area contributed by atoms with E-state index in [2.05, 4.69) is 9.71 Å². The number of pyridine rings is 1. The summed E-state index contributed by atoms with van der Waals surface area (Å²) in [5.74, 6) is 0.638. The van der Waals surface area contributed by atoms with E-state index < -0.39 is 15.5 Å². The van der Waals surface area contributed by atoms with Gasteiger partial charge in [-0.1, -0.05) is 12.1 Å². The second kappa shape index (κ2) is 5.89. The Balaban J connectivity index is 2.17. The van der Waals surface area contributed by atoms with Gasteiger partial charge in [0.15, 0.2) is 0 Å².